The number of nitrogens with zero attached hydrogens (tertiary/aromatic N) is 1. The average molecular weight is 293 g/mol. The van der Waals surface area contributed by atoms with Crippen LogP contribution in [0.5, 0.6) is 0 Å². The van der Waals surface area contributed by atoms with E-state index in [1.165, 1.54) is 5.57 Å². The van der Waals surface area contributed by atoms with Crippen LogP contribution in [0.2, 0.25) is 6.82 Å². The smallest absolute Gasteiger partial charge is 0.376 e. The fourth-order valence-electron chi connectivity index (χ4n) is 3.70. The number of hydrogen-bond donors (Lipinski definition) is 2. The van der Waals surface area contributed by atoms with Crippen molar-refractivity contribution < 1.29 is 14.9 Å². The summed E-state index contributed by atoms with van der Waals surface area (Å²) in [4.78, 5) is 2.10. The lowest BCUT2D eigenvalue weighted by atomic mass is 9.81. The summed E-state index contributed by atoms with van der Waals surface area (Å²) in [5.74, 6) is 1.04. The molecule has 0 saturated carbocycles. The lowest BCUT2D eigenvalue weighted by molar-refractivity contribution is 0.0868. The van der Waals surface area contributed by atoms with E-state index in [0.29, 0.717) is 6.04 Å². The molecule has 5 heteroatoms. The maximum absolute atomic E-state index is 10.2. The molecule has 0 bridgehead atoms. The zero-order chi connectivity index (χ0) is 15.4. The van der Waals surface area contributed by atoms with Gasteiger partial charge in [-0.3, -0.25) is 0 Å². The van der Waals surface area contributed by atoms with Gasteiger partial charge in [0.1, 0.15) is 0 Å². The molecule has 4 nitrogen and oxygen atoms in total. The highest BCUT2D eigenvalue weighted by Gasteiger charge is 2.40. The van der Waals surface area contributed by atoms with Crippen LogP contribution in [0.15, 0.2) is 23.5 Å². The molecule has 0 aromatic carbocycles. The molecule has 3 atom stereocenters. The summed E-state index contributed by atoms with van der Waals surface area (Å²) < 4.78 is 5.35. The number of hydrogen-bond acceptors (Lipinski definition) is 4. The molecule has 0 aromatic heterocycles. The number of aliphatic hydroxyl groups excluding tert-OH is 1. The predicted molar refractivity (Wildman–Crippen MR) is 85.8 cm³/mol. The molecule has 1 saturated heterocycles. The average Bonchev–Trinajstić information content (AvgIpc) is 2.90. The first-order chi connectivity index (χ1) is 10.1. The van der Waals surface area contributed by atoms with E-state index in [0.717, 1.165) is 44.3 Å². The molecule has 2 rings (SSSR count). The molecule has 1 heterocycles. The van der Waals surface area contributed by atoms with Crippen molar-refractivity contribution in [2.24, 2.45) is 0 Å². The summed E-state index contributed by atoms with van der Waals surface area (Å²) in [6, 6.07) is 0.380. The van der Waals surface area contributed by atoms with Crippen molar-refractivity contribution in [1.82, 2.24) is 4.81 Å². The number of ether oxygens (including phenoxy) is 1. The van der Waals surface area contributed by atoms with E-state index in [1.54, 1.807) is 13.9 Å². The Morgan fingerprint density at radius 3 is 2.86 bits per heavy atom. The Bertz CT molecular complexity index is 408. The van der Waals surface area contributed by atoms with E-state index >= 15 is 0 Å². The third-order valence-corrected chi connectivity index (χ3v) is 4.77. The van der Waals surface area contributed by atoms with E-state index < -0.39 is 7.05 Å². The van der Waals surface area contributed by atoms with Gasteiger partial charge in [0.15, 0.2) is 0 Å². The quantitative estimate of drug-likeness (QED) is 0.738. The fraction of sp³-hybridized carbons (Fsp3) is 0.750. The SMILES string of the molecule is CC[C@H](O)[C@H]1CC[C@@H](CC2=CCCC(OC)=C2)N1B(C)O. The first kappa shape index (κ1) is 16.6. The molecule has 0 aromatic rings. The second kappa shape index (κ2) is 7.48. The minimum atomic E-state index is -0.515. The largest absolute Gasteiger partial charge is 0.501 e. The highest BCUT2D eigenvalue weighted by Crippen LogP contribution is 2.33. The fourth-order valence-corrected chi connectivity index (χ4v) is 3.70. The van der Waals surface area contributed by atoms with Gasteiger partial charge < -0.3 is 19.7 Å². The van der Waals surface area contributed by atoms with E-state index in [-0.39, 0.29) is 12.1 Å². The Balaban J connectivity index is 2.06. The molecular formula is C16H28BNO3. The van der Waals surface area contributed by atoms with Crippen molar-refractivity contribution >= 4 is 7.05 Å². The summed E-state index contributed by atoms with van der Waals surface area (Å²) in [7, 11) is 1.21. The van der Waals surface area contributed by atoms with Gasteiger partial charge in [0.2, 0.25) is 0 Å². The standard InChI is InChI=1S/C16H28BNO3/c1-4-16(19)15-9-8-13(18(15)17(2)20)10-12-6-5-7-14(11-12)21-3/h6,11,13,15-16,19-20H,4-5,7-10H2,1-3H3/t13-,15+,16-/m0/s1. The Morgan fingerprint density at radius 1 is 1.48 bits per heavy atom. The Labute approximate surface area is 128 Å². The van der Waals surface area contributed by atoms with Gasteiger partial charge in [0.05, 0.1) is 19.0 Å². The van der Waals surface area contributed by atoms with Crippen LogP contribution in [0.1, 0.15) is 45.4 Å². The zero-order valence-electron chi connectivity index (χ0n) is 13.5. The van der Waals surface area contributed by atoms with Crippen molar-refractivity contribution in [3.05, 3.63) is 23.5 Å². The van der Waals surface area contributed by atoms with Crippen molar-refractivity contribution in [3.63, 3.8) is 0 Å². The summed E-state index contributed by atoms with van der Waals surface area (Å²) in [6.45, 7) is 3.80. The molecule has 1 aliphatic carbocycles. The molecule has 118 valence electrons. The lowest BCUT2D eigenvalue weighted by Gasteiger charge is -2.34. The van der Waals surface area contributed by atoms with Gasteiger partial charge in [-0.1, -0.05) is 13.0 Å². The molecule has 0 spiro atoms. The van der Waals surface area contributed by atoms with Crippen molar-refractivity contribution in [3.8, 4) is 0 Å². The lowest BCUT2D eigenvalue weighted by Crippen LogP contribution is -2.50. The van der Waals surface area contributed by atoms with Crippen LogP contribution in [0.25, 0.3) is 0 Å². The maximum Gasteiger partial charge on any atom is 0.376 e. The summed E-state index contributed by atoms with van der Waals surface area (Å²) >= 11 is 0. The van der Waals surface area contributed by atoms with Crippen molar-refractivity contribution in [2.45, 2.75) is 70.5 Å². The second-order valence-electron chi connectivity index (χ2n) is 6.19. The molecule has 1 fully saturated rings. The topological polar surface area (TPSA) is 52.9 Å². The third kappa shape index (κ3) is 3.90. The van der Waals surface area contributed by atoms with Crippen LogP contribution in [-0.4, -0.2) is 47.3 Å². The van der Waals surface area contributed by atoms with Gasteiger partial charge in [-0.25, -0.2) is 0 Å². The molecular weight excluding hydrogens is 265 g/mol. The molecule has 0 amide bonds. The van der Waals surface area contributed by atoms with Gasteiger partial charge in [-0.05, 0) is 50.6 Å². The zero-order valence-corrected chi connectivity index (χ0v) is 13.5. The number of rotatable bonds is 6. The normalized spacial score (nSPS) is 28.0. The van der Waals surface area contributed by atoms with Crippen molar-refractivity contribution in [2.75, 3.05) is 7.11 Å². The highest BCUT2D eigenvalue weighted by atomic mass is 16.5. The molecule has 0 radical (unpaired) electrons. The van der Waals surface area contributed by atoms with Gasteiger partial charge in [-0.15, -0.1) is 0 Å². The van der Waals surface area contributed by atoms with Crippen LogP contribution < -0.4 is 0 Å². The molecule has 0 unspecified atom stereocenters. The maximum atomic E-state index is 10.2. The van der Waals surface area contributed by atoms with Crippen LogP contribution >= 0.6 is 0 Å². The second-order valence-corrected chi connectivity index (χ2v) is 6.19. The Hall–Kier alpha value is -0.775. The summed E-state index contributed by atoms with van der Waals surface area (Å²) in [5.41, 5.74) is 1.29. The monoisotopic (exact) mass is 293 g/mol. The van der Waals surface area contributed by atoms with E-state index in [1.807, 2.05) is 6.92 Å². The number of aliphatic hydroxyl groups is 1. The summed E-state index contributed by atoms with van der Waals surface area (Å²) in [6.07, 6.45) is 9.69. The minimum Gasteiger partial charge on any atom is -0.501 e. The molecule has 21 heavy (non-hydrogen) atoms. The Kier molecular flexibility index (Phi) is 5.91. The van der Waals surface area contributed by atoms with E-state index in [4.69, 9.17) is 4.74 Å². The van der Waals surface area contributed by atoms with Gasteiger partial charge in [-0.2, -0.15) is 0 Å². The highest BCUT2D eigenvalue weighted by molar-refractivity contribution is 6.45. The van der Waals surface area contributed by atoms with Crippen LogP contribution in [-0.2, 0) is 4.74 Å². The third-order valence-electron chi connectivity index (χ3n) is 4.77. The van der Waals surface area contributed by atoms with E-state index in [2.05, 4.69) is 17.0 Å². The number of allylic oxidation sites excluding steroid dienone is 3. The number of methoxy groups -OCH3 is 1. The van der Waals surface area contributed by atoms with Crippen LogP contribution in [0.4, 0.5) is 0 Å². The van der Waals surface area contributed by atoms with Gasteiger partial charge in [0, 0.05) is 18.5 Å². The molecule has 2 N–H and O–H groups in total. The first-order valence-electron chi connectivity index (χ1n) is 8.14. The van der Waals surface area contributed by atoms with Gasteiger partial charge in [0.25, 0.3) is 0 Å². The minimum absolute atomic E-state index is 0.0788. The van der Waals surface area contributed by atoms with Crippen molar-refractivity contribution in [1.29, 1.82) is 0 Å². The predicted octanol–water partition coefficient (Wildman–Crippen LogP) is 2.34. The van der Waals surface area contributed by atoms with E-state index in [9.17, 15) is 10.1 Å². The summed E-state index contributed by atoms with van der Waals surface area (Å²) in [5, 5.41) is 20.3. The van der Waals surface area contributed by atoms with Gasteiger partial charge >= 0.3 is 7.05 Å². The Morgan fingerprint density at radius 2 is 2.24 bits per heavy atom. The van der Waals surface area contributed by atoms with Crippen LogP contribution in [0, 0.1) is 0 Å². The first-order valence-corrected chi connectivity index (χ1v) is 8.14. The van der Waals surface area contributed by atoms with Crippen LogP contribution in [0.3, 0.4) is 0 Å². The molecule has 1 aliphatic heterocycles. The molecule has 2 aliphatic rings.